The van der Waals surface area contributed by atoms with Crippen LogP contribution in [0.1, 0.15) is 19.3 Å². The maximum atomic E-state index is 12.1. The smallest absolute Gasteiger partial charge is 0.317 e. The lowest BCUT2D eigenvalue weighted by molar-refractivity contribution is 0.169. The standard InChI is InChI=1S/C17H26ClN3O2/c1-20-9-4-3-7-15(20)13-19-17(22)21(2)10-11-23-16-8-5-6-14(18)12-16/h5-6,8,12,15H,3-4,7,9-11,13H2,1-2H3,(H,19,22)/t15-/m1/s1. The summed E-state index contributed by atoms with van der Waals surface area (Å²) in [6.45, 7) is 2.78. The van der Waals surface area contributed by atoms with E-state index in [1.54, 1.807) is 24.1 Å². The largest absolute Gasteiger partial charge is 0.492 e. The number of nitrogens with zero attached hydrogens (tertiary/aromatic N) is 2. The molecule has 1 fully saturated rings. The van der Waals surface area contributed by atoms with Crippen molar-refractivity contribution < 1.29 is 9.53 Å². The van der Waals surface area contributed by atoms with Crippen molar-refractivity contribution in [3.05, 3.63) is 29.3 Å². The van der Waals surface area contributed by atoms with Crippen molar-refractivity contribution in [3.8, 4) is 5.75 Å². The van der Waals surface area contributed by atoms with Gasteiger partial charge in [0.2, 0.25) is 0 Å². The van der Waals surface area contributed by atoms with E-state index in [0.29, 0.717) is 30.8 Å². The van der Waals surface area contributed by atoms with E-state index in [-0.39, 0.29) is 6.03 Å². The molecule has 0 radical (unpaired) electrons. The molecule has 1 heterocycles. The van der Waals surface area contributed by atoms with Crippen LogP contribution in [0, 0.1) is 0 Å². The third-order valence-electron chi connectivity index (χ3n) is 4.25. The average Bonchev–Trinajstić information content (AvgIpc) is 2.54. The van der Waals surface area contributed by atoms with Gasteiger partial charge < -0.3 is 19.9 Å². The topological polar surface area (TPSA) is 44.8 Å². The Labute approximate surface area is 143 Å². The molecular weight excluding hydrogens is 314 g/mol. The number of hydrogen-bond donors (Lipinski definition) is 1. The summed E-state index contributed by atoms with van der Waals surface area (Å²) in [6.07, 6.45) is 3.65. The zero-order chi connectivity index (χ0) is 16.7. The second-order valence-electron chi connectivity index (χ2n) is 6.04. The zero-order valence-electron chi connectivity index (χ0n) is 13.9. The van der Waals surface area contributed by atoms with Crippen LogP contribution in [0.3, 0.4) is 0 Å². The van der Waals surface area contributed by atoms with E-state index < -0.39 is 0 Å². The minimum Gasteiger partial charge on any atom is -0.492 e. The Morgan fingerprint density at radius 3 is 3.04 bits per heavy atom. The van der Waals surface area contributed by atoms with Gasteiger partial charge in [0.25, 0.3) is 0 Å². The van der Waals surface area contributed by atoms with Crippen LogP contribution >= 0.6 is 11.6 Å². The number of carbonyl (C=O) groups excluding carboxylic acids is 1. The van der Waals surface area contributed by atoms with Crippen LogP contribution in [-0.2, 0) is 0 Å². The normalized spacial score (nSPS) is 18.5. The van der Waals surface area contributed by atoms with Gasteiger partial charge in [-0.3, -0.25) is 0 Å². The van der Waals surface area contributed by atoms with E-state index in [2.05, 4.69) is 17.3 Å². The summed E-state index contributed by atoms with van der Waals surface area (Å²) in [4.78, 5) is 16.1. The third kappa shape index (κ3) is 5.92. The molecule has 6 heteroatoms. The van der Waals surface area contributed by atoms with E-state index in [4.69, 9.17) is 16.3 Å². The number of ether oxygens (including phenoxy) is 1. The van der Waals surface area contributed by atoms with Crippen LogP contribution in [-0.4, -0.2) is 62.2 Å². The van der Waals surface area contributed by atoms with Gasteiger partial charge in [0.05, 0.1) is 6.54 Å². The van der Waals surface area contributed by atoms with E-state index in [9.17, 15) is 4.79 Å². The highest BCUT2D eigenvalue weighted by molar-refractivity contribution is 6.30. The van der Waals surface area contributed by atoms with Crippen LogP contribution in [0.2, 0.25) is 5.02 Å². The minimum atomic E-state index is -0.0568. The Kier molecular flexibility index (Phi) is 6.99. The lowest BCUT2D eigenvalue weighted by atomic mass is 10.0. The number of halogens is 1. The molecule has 0 spiro atoms. The first-order valence-electron chi connectivity index (χ1n) is 8.14. The SMILES string of the molecule is CN(CCOc1cccc(Cl)c1)C(=O)NC[C@H]1CCCCN1C. The van der Waals surface area contributed by atoms with Gasteiger partial charge in [-0.25, -0.2) is 4.79 Å². The van der Waals surface area contributed by atoms with Gasteiger partial charge in [0.1, 0.15) is 12.4 Å². The predicted molar refractivity (Wildman–Crippen MR) is 93.2 cm³/mol. The summed E-state index contributed by atoms with van der Waals surface area (Å²) in [5, 5.41) is 3.65. The molecule has 128 valence electrons. The Morgan fingerprint density at radius 1 is 1.48 bits per heavy atom. The summed E-state index contributed by atoms with van der Waals surface area (Å²) in [7, 11) is 3.90. The molecular formula is C17H26ClN3O2. The monoisotopic (exact) mass is 339 g/mol. The van der Waals surface area contributed by atoms with Crippen LogP contribution < -0.4 is 10.1 Å². The van der Waals surface area contributed by atoms with Crippen molar-refractivity contribution >= 4 is 17.6 Å². The molecule has 5 nitrogen and oxygen atoms in total. The van der Waals surface area contributed by atoms with Crippen molar-refractivity contribution in [3.63, 3.8) is 0 Å². The number of likely N-dealkylation sites (tertiary alicyclic amines) is 1. The van der Waals surface area contributed by atoms with Crippen molar-refractivity contribution in [2.45, 2.75) is 25.3 Å². The van der Waals surface area contributed by atoms with Gasteiger partial charge >= 0.3 is 6.03 Å². The van der Waals surface area contributed by atoms with Crippen LogP contribution in [0.5, 0.6) is 5.75 Å². The molecule has 0 aromatic heterocycles. The number of carbonyl (C=O) groups is 1. The maximum absolute atomic E-state index is 12.1. The maximum Gasteiger partial charge on any atom is 0.317 e. The van der Waals surface area contributed by atoms with E-state index in [1.165, 1.54) is 12.8 Å². The molecule has 0 bridgehead atoms. The summed E-state index contributed by atoms with van der Waals surface area (Å²) >= 11 is 5.91. The van der Waals surface area contributed by atoms with Crippen LogP contribution in [0.4, 0.5) is 4.79 Å². The molecule has 1 aliphatic heterocycles. The second kappa shape index (κ2) is 8.99. The highest BCUT2D eigenvalue weighted by atomic mass is 35.5. The van der Waals surface area contributed by atoms with Crippen molar-refractivity contribution in [1.82, 2.24) is 15.1 Å². The first kappa shape index (κ1) is 17.9. The number of amides is 2. The second-order valence-corrected chi connectivity index (χ2v) is 6.48. The molecule has 23 heavy (non-hydrogen) atoms. The number of benzene rings is 1. The zero-order valence-corrected chi connectivity index (χ0v) is 14.7. The molecule has 2 rings (SSSR count). The van der Waals surface area contributed by atoms with Gasteiger partial charge in [-0.2, -0.15) is 0 Å². The van der Waals surface area contributed by atoms with Crippen molar-refractivity contribution in [2.24, 2.45) is 0 Å². The molecule has 2 amide bonds. The number of rotatable bonds is 6. The quantitative estimate of drug-likeness (QED) is 0.866. The highest BCUT2D eigenvalue weighted by Crippen LogP contribution is 2.17. The molecule has 1 atom stereocenters. The Morgan fingerprint density at radius 2 is 2.30 bits per heavy atom. The molecule has 1 N–H and O–H groups in total. The minimum absolute atomic E-state index is 0.0568. The summed E-state index contributed by atoms with van der Waals surface area (Å²) in [5.74, 6) is 0.718. The molecule has 0 saturated carbocycles. The lowest BCUT2D eigenvalue weighted by Crippen LogP contribution is -2.47. The highest BCUT2D eigenvalue weighted by Gasteiger charge is 2.19. The van der Waals surface area contributed by atoms with Gasteiger partial charge in [-0.1, -0.05) is 24.1 Å². The predicted octanol–water partition coefficient (Wildman–Crippen LogP) is 2.84. The van der Waals surface area contributed by atoms with Crippen LogP contribution in [0.15, 0.2) is 24.3 Å². The summed E-state index contributed by atoms with van der Waals surface area (Å²) in [5.41, 5.74) is 0. The van der Waals surface area contributed by atoms with E-state index >= 15 is 0 Å². The first-order valence-corrected chi connectivity index (χ1v) is 8.51. The van der Waals surface area contributed by atoms with Crippen molar-refractivity contribution in [2.75, 3.05) is 40.3 Å². The lowest BCUT2D eigenvalue weighted by Gasteiger charge is -2.33. The Bertz CT molecular complexity index is 512. The third-order valence-corrected chi connectivity index (χ3v) is 4.48. The number of likely N-dealkylation sites (N-methyl/N-ethyl adjacent to an activating group) is 2. The summed E-state index contributed by atoms with van der Waals surface area (Å²) in [6, 6.07) is 7.65. The van der Waals surface area contributed by atoms with Gasteiger partial charge in [-0.15, -0.1) is 0 Å². The summed E-state index contributed by atoms with van der Waals surface area (Å²) < 4.78 is 5.60. The fraction of sp³-hybridized carbons (Fsp3) is 0.588. The van der Waals surface area contributed by atoms with E-state index in [1.807, 2.05) is 12.1 Å². The molecule has 1 aromatic rings. The number of piperidine rings is 1. The van der Waals surface area contributed by atoms with Gasteiger partial charge in [0, 0.05) is 24.7 Å². The van der Waals surface area contributed by atoms with Gasteiger partial charge in [-0.05, 0) is 44.6 Å². The van der Waals surface area contributed by atoms with Crippen molar-refractivity contribution in [1.29, 1.82) is 0 Å². The molecule has 0 aliphatic carbocycles. The van der Waals surface area contributed by atoms with Crippen LogP contribution in [0.25, 0.3) is 0 Å². The fourth-order valence-corrected chi connectivity index (χ4v) is 2.88. The van der Waals surface area contributed by atoms with E-state index in [0.717, 1.165) is 18.7 Å². The average molecular weight is 340 g/mol. The molecule has 1 aromatic carbocycles. The molecule has 1 saturated heterocycles. The number of urea groups is 1. The first-order chi connectivity index (χ1) is 11.1. The number of hydrogen-bond acceptors (Lipinski definition) is 3. The fourth-order valence-electron chi connectivity index (χ4n) is 2.70. The van der Waals surface area contributed by atoms with Gasteiger partial charge in [0.15, 0.2) is 0 Å². The Hall–Kier alpha value is -1.46. The molecule has 0 unspecified atom stereocenters. The Balaban J connectivity index is 1.66. The molecule has 1 aliphatic rings. The number of nitrogens with one attached hydrogen (secondary N) is 1.